The third-order valence-electron chi connectivity index (χ3n) is 1.13. The molecule has 0 fully saturated rings. The van der Waals surface area contributed by atoms with E-state index in [1.807, 2.05) is 6.92 Å². The van der Waals surface area contributed by atoms with Gasteiger partial charge in [-0.3, -0.25) is 0 Å². The van der Waals surface area contributed by atoms with Crippen molar-refractivity contribution < 1.29 is 4.74 Å². The Morgan fingerprint density at radius 2 is 2.36 bits per heavy atom. The van der Waals surface area contributed by atoms with Gasteiger partial charge in [0.05, 0.1) is 15.6 Å². The Kier molecular flexibility index (Phi) is 7.25. The minimum absolute atomic E-state index is 0.433. The minimum atomic E-state index is 0.433. The van der Waals surface area contributed by atoms with E-state index < -0.39 is 0 Å². The van der Waals surface area contributed by atoms with Crippen molar-refractivity contribution in [2.75, 3.05) is 6.61 Å². The summed E-state index contributed by atoms with van der Waals surface area (Å²) in [5.41, 5.74) is 1.54. The van der Waals surface area contributed by atoms with Crippen LogP contribution < -0.4 is 0 Å². The minimum Gasteiger partial charge on any atom is -0.378 e. The molecule has 1 unspecified atom stereocenters. The summed E-state index contributed by atoms with van der Waals surface area (Å²) >= 11 is 0. The van der Waals surface area contributed by atoms with Crippen molar-refractivity contribution >= 4 is 27.4 Å². The van der Waals surface area contributed by atoms with Crippen molar-refractivity contribution in [3.63, 3.8) is 0 Å². The Bertz CT molecular complexity index is 116. The molecule has 0 aliphatic heterocycles. The van der Waals surface area contributed by atoms with Gasteiger partial charge in [0.25, 0.3) is 0 Å². The van der Waals surface area contributed by atoms with E-state index in [1.165, 1.54) is 0 Å². The summed E-state index contributed by atoms with van der Waals surface area (Å²) in [6, 6.07) is 0. The molecule has 0 aliphatic rings. The quantitative estimate of drug-likeness (QED) is 0.450. The average molecular weight is 197 g/mol. The number of ether oxygens (including phenoxy) is 1. The van der Waals surface area contributed by atoms with Crippen LogP contribution in [-0.4, -0.2) is 39.7 Å². The molecule has 0 aromatic carbocycles. The maximum atomic E-state index is 5.58. The maximum Gasteiger partial charge on any atom is 0.0670 e. The first-order chi connectivity index (χ1) is 5.20. The lowest BCUT2D eigenvalue weighted by Gasteiger charge is -2.13. The summed E-state index contributed by atoms with van der Waals surface area (Å²) in [6.45, 7) is 8.65. The topological polar surface area (TPSA) is 9.23 Å². The molecule has 0 aromatic rings. The molecule has 0 aliphatic carbocycles. The number of rotatable bonds is 6. The van der Waals surface area contributed by atoms with E-state index in [-0.39, 0.29) is 0 Å². The smallest absolute Gasteiger partial charge is 0.0670 e. The second-order valence-corrected chi connectivity index (χ2v) is 7.48. The summed E-state index contributed by atoms with van der Waals surface area (Å²) in [4.78, 5) is 0. The Labute approximate surface area is 77.2 Å². The molecule has 4 heteroatoms. The molecular weight excluding hydrogens is 184 g/mol. The zero-order valence-electron chi connectivity index (χ0n) is 7.11. The van der Waals surface area contributed by atoms with E-state index in [1.54, 1.807) is 0 Å². The summed E-state index contributed by atoms with van der Waals surface area (Å²) in [5.74, 6) is 0. The van der Waals surface area contributed by atoms with Crippen LogP contribution in [0.2, 0.25) is 0 Å². The highest BCUT2D eigenvalue weighted by Gasteiger charge is 2.04. The SMILES string of the molecule is C=C(C)COC(CC)[Si][Si][Si]. The monoisotopic (exact) mass is 197 g/mol. The van der Waals surface area contributed by atoms with Gasteiger partial charge < -0.3 is 4.74 Å². The lowest BCUT2D eigenvalue weighted by Crippen LogP contribution is -2.25. The molecule has 0 rings (SSSR count). The first-order valence-electron chi connectivity index (χ1n) is 3.64. The lowest BCUT2D eigenvalue weighted by atomic mass is 10.4. The Hall–Kier alpha value is 0.351. The molecule has 1 atom stereocenters. The third-order valence-corrected chi connectivity index (χ3v) is 4.87. The van der Waals surface area contributed by atoms with Crippen molar-refractivity contribution in [2.24, 2.45) is 0 Å². The second kappa shape index (κ2) is 7.02. The molecule has 0 saturated heterocycles. The van der Waals surface area contributed by atoms with E-state index in [0.717, 1.165) is 29.6 Å². The van der Waals surface area contributed by atoms with Gasteiger partial charge in [0.2, 0.25) is 0 Å². The molecule has 0 aromatic heterocycles. The van der Waals surface area contributed by atoms with Crippen molar-refractivity contribution in [1.82, 2.24) is 0 Å². The van der Waals surface area contributed by atoms with Crippen LogP contribution in [0.25, 0.3) is 0 Å². The highest BCUT2D eigenvalue weighted by molar-refractivity contribution is 7.24. The van der Waals surface area contributed by atoms with E-state index >= 15 is 0 Å². The molecule has 1 nitrogen and oxygen atoms in total. The van der Waals surface area contributed by atoms with Crippen LogP contribution in [0.15, 0.2) is 12.2 Å². The largest absolute Gasteiger partial charge is 0.378 e. The first kappa shape index (κ1) is 11.4. The Morgan fingerprint density at radius 1 is 1.73 bits per heavy atom. The Balaban J connectivity index is 3.43. The van der Waals surface area contributed by atoms with Crippen LogP contribution in [-0.2, 0) is 4.74 Å². The van der Waals surface area contributed by atoms with E-state index in [2.05, 4.69) is 23.3 Å². The molecule has 11 heavy (non-hydrogen) atoms. The normalized spacial score (nSPS) is 13.0. The predicted octanol–water partition coefficient (Wildman–Crippen LogP) is 0.722. The molecular formula is C7H13OSi3. The fourth-order valence-corrected chi connectivity index (χ4v) is 3.91. The molecule has 0 amide bonds. The van der Waals surface area contributed by atoms with Crippen LogP contribution in [0.4, 0.5) is 0 Å². The van der Waals surface area contributed by atoms with Gasteiger partial charge in [-0.15, -0.1) is 0 Å². The summed E-state index contributed by atoms with van der Waals surface area (Å²) in [6.07, 6.45) is 1.10. The van der Waals surface area contributed by atoms with Gasteiger partial charge in [-0.25, -0.2) is 0 Å². The van der Waals surface area contributed by atoms with Crippen LogP contribution in [0, 0.1) is 0 Å². The molecule has 59 valence electrons. The molecule has 0 saturated carbocycles. The van der Waals surface area contributed by atoms with Crippen molar-refractivity contribution in [3.05, 3.63) is 12.2 Å². The van der Waals surface area contributed by atoms with Gasteiger partial charge in [-0.1, -0.05) is 19.1 Å². The standard InChI is InChI=1S/C7H13OSi3/c1-4-7(10-11-9)8-5-6(2)3/h7H,2,4-5H2,1,3H3. The van der Waals surface area contributed by atoms with Gasteiger partial charge in [-0.05, 0) is 13.3 Å². The predicted molar refractivity (Wildman–Crippen MR) is 52.1 cm³/mol. The fourth-order valence-electron chi connectivity index (χ4n) is 0.585. The van der Waals surface area contributed by atoms with Crippen LogP contribution in [0.1, 0.15) is 20.3 Å². The summed E-state index contributed by atoms with van der Waals surface area (Å²) in [5, 5.41) is 0. The van der Waals surface area contributed by atoms with Gasteiger partial charge in [0.1, 0.15) is 0 Å². The van der Waals surface area contributed by atoms with Crippen molar-refractivity contribution in [2.45, 2.75) is 26.0 Å². The number of hydrogen-bond donors (Lipinski definition) is 0. The Morgan fingerprint density at radius 3 is 2.73 bits per heavy atom. The van der Waals surface area contributed by atoms with Gasteiger partial charge in [0.15, 0.2) is 0 Å². The zero-order valence-corrected chi connectivity index (χ0v) is 10.1. The zero-order chi connectivity index (χ0) is 8.69. The molecule has 7 radical (unpaired) electrons. The molecule has 0 spiro atoms. The second-order valence-electron chi connectivity index (χ2n) is 2.43. The summed E-state index contributed by atoms with van der Waals surface area (Å²) < 4.78 is 5.58. The van der Waals surface area contributed by atoms with Gasteiger partial charge in [0, 0.05) is 24.0 Å². The summed E-state index contributed by atoms with van der Waals surface area (Å²) in [7, 11) is 5.19. The molecule has 0 bridgehead atoms. The lowest BCUT2D eigenvalue weighted by molar-refractivity contribution is 0.124. The van der Waals surface area contributed by atoms with Crippen molar-refractivity contribution in [1.29, 1.82) is 0 Å². The van der Waals surface area contributed by atoms with Crippen molar-refractivity contribution in [3.8, 4) is 0 Å². The van der Waals surface area contributed by atoms with Crippen LogP contribution in [0.3, 0.4) is 0 Å². The molecule has 0 heterocycles. The van der Waals surface area contributed by atoms with Crippen LogP contribution >= 0.6 is 0 Å². The highest BCUT2D eigenvalue weighted by Crippen LogP contribution is 1.98. The van der Waals surface area contributed by atoms with Gasteiger partial charge >= 0.3 is 0 Å². The average Bonchev–Trinajstić information content (AvgIpc) is 1.97. The maximum absolute atomic E-state index is 5.58. The van der Waals surface area contributed by atoms with E-state index in [4.69, 9.17) is 4.74 Å². The van der Waals surface area contributed by atoms with Crippen LogP contribution in [0.5, 0.6) is 0 Å². The molecule has 0 N–H and O–H groups in total. The van der Waals surface area contributed by atoms with E-state index in [9.17, 15) is 0 Å². The van der Waals surface area contributed by atoms with Gasteiger partial charge in [-0.2, -0.15) is 0 Å². The fraction of sp³-hybridized carbons (Fsp3) is 0.714. The highest BCUT2D eigenvalue weighted by atomic mass is 29.5. The van der Waals surface area contributed by atoms with E-state index in [0.29, 0.717) is 12.3 Å². The third kappa shape index (κ3) is 6.74. The first-order valence-corrected chi connectivity index (χ1v) is 8.21. The number of hydrogen-bond acceptors (Lipinski definition) is 1.